The molecule has 0 bridgehead atoms. The number of nitrogens with two attached hydrogens (primary N) is 1. The zero-order valence-corrected chi connectivity index (χ0v) is 11.2. The van der Waals surface area contributed by atoms with Gasteiger partial charge in [-0.05, 0) is 43.2 Å². The fourth-order valence-corrected chi connectivity index (χ4v) is 1.78. The van der Waals surface area contributed by atoms with E-state index in [2.05, 4.69) is 30.2 Å². The molecule has 0 aliphatic carbocycles. The van der Waals surface area contributed by atoms with Crippen LogP contribution in [-0.2, 0) is 0 Å². The Hall–Kier alpha value is -1.94. The highest BCUT2D eigenvalue weighted by Crippen LogP contribution is 2.21. The summed E-state index contributed by atoms with van der Waals surface area (Å²) in [5.41, 5.74) is 9.69. The number of anilines is 2. The molecule has 0 atom stereocenters. The van der Waals surface area contributed by atoms with E-state index in [0.29, 0.717) is 10.7 Å². The summed E-state index contributed by atoms with van der Waals surface area (Å²) in [5, 5.41) is 3.28. The first kappa shape index (κ1) is 12.5. The number of hydrogen-bond donors (Lipinski definition) is 2. The van der Waals surface area contributed by atoms with E-state index in [-0.39, 0.29) is 0 Å². The fourth-order valence-electron chi connectivity index (χ4n) is 1.67. The quantitative estimate of drug-likeness (QED) is 0.830. The molecule has 1 heterocycles. The molecule has 4 heteroatoms. The standard InChI is InChI=1S/C14H15N3S/c1-9-5-3-6-11(10(9)2)16-13-8-4-7-12(17-13)14(15)18/h3-8H,1-2H3,(H2,15,18)(H,16,17). The lowest BCUT2D eigenvalue weighted by Gasteiger charge is -2.11. The Morgan fingerprint density at radius 3 is 2.61 bits per heavy atom. The molecular weight excluding hydrogens is 242 g/mol. The Kier molecular flexibility index (Phi) is 3.58. The van der Waals surface area contributed by atoms with Gasteiger partial charge < -0.3 is 11.1 Å². The van der Waals surface area contributed by atoms with Crippen molar-refractivity contribution in [3.8, 4) is 0 Å². The van der Waals surface area contributed by atoms with Crippen molar-refractivity contribution in [1.29, 1.82) is 0 Å². The predicted molar refractivity (Wildman–Crippen MR) is 79.3 cm³/mol. The van der Waals surface area contributed by atoms with Gasteiger partial charge in [-0.15, -0.1) is 0 Å². The zero-order chi connectivity index (χ0) is 13.1. The van der Waals surface area contributed by atoms with Crippen LogP contribution in [0.2, 0.25) is 0 Å². The monoisotopic (exact) mass is 257 g/mol. The maximum absolute atomic E-state index is 5.57. The minimum Gasteiger partial charge on any atom is -0.388 e. The topological polar surface area (TPSA) is 50.9 Å². The zero-order valence-electron chi connectivity index (χ0n) is 10.4. The predicted octanol–water partition coefficient (Wildman–Crippen LogP) is 3.08. The second-order valence-corrected chi connectivity index (χ2v) is 4.58. The summed E-state index contributed by atoms with van der Waals surface area (Å²) in [4.78, 5) is 4.67. The summed E-state index contributed by atoms with van der Waals surface area (Å²) >= 11 is 4.92. The van der Waals surface area contributed by atoms with Crippen LogP contribution in [0.3, 0.4) is 0 Å². The van der Waals surface area contributed by atoms with Crippen molar-refractivity contribution in [1.82, 2.24) is 4.98 Å². The van der Waals surface area contributed by atoms with E-state index in [1.54, 1.807) is 6.07 Å². The molecule has 3 nitrogen and oxygen atoms in total. The lowest BCUT2D eigenvalue weighted by molar-refractivity contribution is 1.26. The molecule has 1 aromatic carbocycles. The summed E-state index contributed by atoms with van der Waals surface area (Å²) < 4.78 is 0. The number of rotatable bonds is 3. The van der Waals surface area contributed by atoms with Gasteiger partial charge in [0.2, 0.25) is 0 Å². The number of benzene rings is 1. The number of nitrogens with one attached hydrogen (secondary N) is 1. The molecule has 0 aliphatic heterocycles. The first-order valence-electron chi connectivity index (χ1n) is 5.68. The van der Waals surface area contributed by atoms with Crippen LogP contribution >= 0.6 is 12.2 Å². The average molecular weight is 257 g/mol. The van der Waals surface area contributed by atoms with E-state index in [9.17, 15) is 0 Å². The number of nitrogens with zero attached hydrogens (tertiary/aromatic N) is 1. The summed E-state index contributed by atoms with van der Waals surface area (Å²) in [5.74, 6) is 0.744. The SMILES string of the molecule is Cc1cccc(Nc2cccc(C(N)=S)n2)c1C. The molecule has 2 aromatic rings. The Labute approximate surface area is 112 Å². The van der Waals surface area contributed by atoms with Gasteiger partial charge in [-0.25, -0.2) is 4.98 Å². The minimum absolute atomic E-state index is 0.305. The molecule has 3 N–H and O–H groups in total. The van der Waals surface area contributed by atoms with E-state index in [4.69, 9.17) is 18.0 Å². The molecule has 92 valence electrons. The Morgan fingerprint density at radius 2 is 1.89 bits per heavy atom. The van der Waals surface area contributed by atoms with Crippen LogP contribution in [0.4, 0.5) is 11.5 Å². The minimum atomic E-state index is 0.305. The summed E-state index contributed by atoms with van der Waals surface area (Å²) in [7, 11) is 0. The van der Waals surface area contributed by atoms with Crippen molar-refractivity contribution >= 4 is 28.7 Å². The molecule has 0 fully saturated rings. The number of hydrogen-bond acceptors (Lipinski definition) is 3. The maximum atomic E-state index is 5.57. The van der Waals surface area contributed by atoms with Gasteiger partial charge in [-0.3, -0.25) is 0 Å². The van der Waals surface area contributed by atoms with Crippen LogP contribution in [0, 0.1) is 13.8 Å². The van der Waals surface area contributed by atoms with Crippen molar-refractivity contribution in [3.05, 3.63) is 53.2 Å². The summed E-state index contributed by atoms with van der Waals surface area (Å²) in [6.45, 7) is 4.16. The molecule has 0 aliphatic rings. The normalized spacial score (nSPS) is 10.1. The van der Waals surface area contributed by atoms with Gasteiger partial charge in [0.1, 0.15) is 10.8 Å². The number of aryl methyl sites for hydroxylation is 1. The van der Waals surface area contributed by atoms with Gasteiger partial charge in [0.05, 0.1) is 5.69 Å². The molecule has 0 saturated heterocycles. The molecule has 0 spiro atoms. The lowest BCUT2D eigenvalue weighted by Crippen LogP contribution is -2.12. The fraction of sp³-hybridized carbons (Fsp3) is 0.143. The Balaban J connectivity index is 2.31. The lowest BCUT2D eigenvalue weighted by atomic mass is 10.1. The second kappa shape index (κ2) is 5.14. The summed E-state index contributed by atoms with van der Waals surface area (Å²) in [6, 6.07) is 11.7. The molecule has 2 rings (SSSR count). The molecule has 0 unspecified atom stereocenters. The van der Waals surface area contributed by atoms with E-state index in [1.165, 1.54) is 11.1 Å². The smallest absolute Gasteiger partial charge is 0.131 e. The van der Waals surface area contributed by atoms with Gasteiger partial charge >= 0.3 is 0 Å². The van der Waals surface area contributed by atoms with E-state index < -0.39 is 0 Å². The number of thiocarbonyl (C=S) groups is 1. The highest BCUT2D eigenvalue weighted by atomic mass is 32.1. The first-order chi connectivity index (χ1) is 8.58. The van der Waals surface area contributed by atoms with Crippen LogP contribution in [0.1, 0.15) is 16.8 Å². The highest BCUT2D eigenvalue weighted by Gasteiger charge is 2.03. The van der Waals surface area contributed by atoms with Crippen LogP contribution in [0.5, 0.6) is 0 Å². The molecule has 18 heavy (non-hydrogen) atoms. The molecular formula is C14H15N3S. The third-order valence-electron chi connectivity index (χ3n) is 2.87. The molecule has 0 amide bonds. The van der Waals surface area contributed by atoms with Crippen molar-refractivity contribution in [2.45, 2.75) is 13.8 Å². The van der Waals surface area contributed by atoms with Gasteiger partial charge in [0, 0.05) is 5.69 Å². The van der Waals surface area contributed by atoms with Crippen LogP contribution in [0.15, 0.2) is 36.4 Å². The van der Waals surface area contributed by atoms with Crippen LogP contribution < -0.4 is 11.1 Å². The number of pyridine rings is 1. The third-order valence-corrected chi connectivity index (χ3v) is 3.08. The van der Waals surface area contributed by atoms with Crippen LogP contribution in [-0.4, -0.2) is 9.97 Å². The van der Waals surface area contributed by atoms with Crippen molar-refractivity contribution in [2.24, 2.45) is 5.73 Å². The van der Waals surface area contributed by atoms with Gasteiger partial charge in [0.15, 0.2) is 0 Å². The maximum Gasteiger partial charge on any atom is 0.131 e. The van der Waals surface area contributed by atoms with Gasteiger partial charge in [-0.1, -0.05) is 30.4 Å². The van der Waals surface area contributed by atoms with Crippen LogP contribution in [0.25, 0.3) is 0 Å². The van der Waals surface area contributed by atoms with Crippen molar-refractivity contribution in [2.75, 3.05) is 5.32 Å². The average Bonchev–Trinajstić information content (AvgIpc) is 2.35. The Bertz CT molecular complexity index is 593. The van der Waals surface area contributed by atoms with Gasteiger partial charge in [-0.2, -0.15) is 0 Å². The molecule has 1 aromatic heterocycles. The van der Waals surface area contributed by atoms with Crippen molar-refractivity contribution in [3.63, 3.8) is 0 Å². The van der Waals surface area contributed by atoms with Gasteiger partial charge in [0.25, 0.3) is 0 Å². The molecule has 0 saturated carbocycles. The second-order valence-electron chi connectivity index (χ2n) is 4.14. The largest absolute Gasteiger partial charge is 0.388 e. The van der Waals surface area contributed by atoms with Crippen molar-refractivity contribution < 1.29 is 0 Å². The third kappa shape index (κ3) is 2.65. The Morgan fingerprint density at radius 1 is 1.17 bits per heavy atom. The van der Waals surface area contributed by atoms with E-state index in [0.717, 1.165) is 11.5 Å². The number of aromatic nitrogens is 1. The summed E-state index contributed by atoms with van der Waals surface area (Å²) in [6.07, 6.45) is 0. The highest BCUT2D eigenvalue weighted by molar-refractivity contribution is 7.80. The van der Waals surface area contributed by atoms with E-state index in [1.807, 2.05) is 24.3 Å². The molecule has 0 radical (unpaired) electrons. The first-order valence-corrected chi connectivity index (χ1v) is 6.09. The van der Waals surface area contributed by atoms with E-state index >= 15 is 0 Å².